The van der Waals surface area contributed by atoms with E-state index in [-0.39, 0.29) is 5.91 Å². The fraction of sp³-hybridized carbons (Fsp3) is 0.545. The summed E-state index contributed by atoms with van der Waals surface area (Å²) >= 11 is 0. The van der Waals surface area contributed by atoms with E-state index in [0.29, 0.717) is 12.1 Å². The molecule has 1 aliphatic heterocycles. The van der Waals surface area contributed by atoms with Crippen LogP contribution in [0, 0.1) is 0 Å². The third-order valence-electron chi connectivity index (χ3n) is 6.38. The fourth-order valence-corrected chi connectivity index (χ4v) is 4.83. The number of hydrogen-bond donors (Lipinski definition) is 0. The molecular formula is C22H26N2O. The molecule has 1 atom stereocenters. The fourth-order valence-electron chi connectivity index (χ4n) is 4.83. The predicted molar refractivity (Wildman–Crippen MR) is 100 cm³/mol. The van der Waals surface area contributed by atoms with Gasteiger partial charge < -0.3 is 4.90 Å². The third-order valence-corrected chi connectivity index (χ3v) is 6.38. The lowest BCUT2D eigenvalue weighted by Gasteiger charge is -2.35. The van der Waals surface area contributed by atoms with Gasteiger partial charge in [0.2, 0.25) is 0 Å². The van der Waals surface area contributed by atoms with Gasteiger partial charge in [-0.05, 0) is 92.2 Å². The molecule has 130 valence electrons. The summed E-state index contributed by atoms with van der Waals surface area (Å²) in [6, 6.07) is 7.30. The minimum Gasteiger partial charge on any atom is -0.332 e. The molecule has 4 aliphatic rings. The van der Waals surface area contributed by atoms with Crippen molar-refractivity contribution < 1.29 is 4.79 Å². The number of hydrogen-bond acceptors (Lipinski definition) is 2. The number of aliphatic imine (C=N–C) groups is 1. The van der Waals surface area contributed by atoms with E-state index in [1.54, 1.807) is 0 Å². The molecule has 1 saturated carbocycles. The van der Waals surface area contributed by atoms with Crippen LogP contribution in [0.15, 0.2) is 34.3 Å². The summed E-state index contributed by atoms with van der Waals surface area (Å²) in [4.78, 5) is 20.0. The number of carbonyl (C=O) groups is 1. The van der Waals surface area contributed by atoms with Crippen LogP contribution in [0.5, 0.6) is 0 Å². The van der Waals surface area contributed by atoms with Crippen LogP contribution >= 0.6 is 0 Å². The number of fused-ring (bicyclic) bond motifs is 1. The highest BCUT2D eigenvalue weighted by Crippen LogP contribution is 2.37. The van der Waals surface area contributed by atoms with Crippen LogP contribution in [0.2, 0.25) is 0 Å². The largest absolute Gasteiger partial charge is 0.332 e. The molecule has 1 amide bonds. The van der Waals surface area contributed by atoms with Crippen LogP contribution in [-0.4, -0.2) is 35.7 Å². The highest BCUT2D eigenvalue weighted by molar-refractivity contribution is 5.95. The molecule has 1 aromatic carbocycles. The normalized spacial score (nSPS) is 24.9. The molecule has 0 radical (unpaired) electrons. The lowest BCUT2D eigenvalue weighted by Crippen LogP contribution is -2.43. The molecule has 5 rings (SSSR count). The summed E-state index contributed by atoms with van der Waals surface area (Å²) < 4.78 is 0. The van der Waals surface area contributed by atoms with Gasteiger partial charge in [0.15, 0.2) is 0 Å². The number of nitrogens with zero attached hydrogens (tertiary/aromatic N) is 2. The number of amides is 1. The average Bonchev–Trinajstić information content (AvgIpc) is 3.37. The Balaban J connectivity index is 1.41. The maximum absolute atomic E-state index is 13.4. The Hall–Kier alpha value is -1.90. The molecule has 0 aromatic heterocycles. The van der Waals surface area contributed by atoms with Crippen LogP contribution in [0.1, 0.15) is 66.4 Å². The summed E-state index contributed by atoms with van der Waals surface area (Å²) in [7, 11) is 0. The van der Waals surface area contributed by atoms with Crippen molar-refractivity contribution in [2.75, 3.05) is 6.54 Å². The molecule has 0 N–H and O–H groups in total. The van der Waals surface area contributed by atoms with Crippen LogP contribution in [0.25, 0.3) is 0 Å². The molecule has 0 saturated heterocycles. The number of benzene rings is 1. The van der Waals surface area contributed by atoms with Crippen LogP contribution < -0.4 is 0 Å². The SMILES string of the molecule is O=C(c1ccc2c(c1)CCCC2)N(C1CC1)C1CCC2=C(C=NC2)C1. The van der Waals surface area contributed by atoms with Crippen LogP contribution in [0.3, 0.4) is 0 Å². The minimum absolute atomic E-state index is 0.264. The van der Waals surface area contributed by atoms with Crippen molar-refractivity contribution in [3.63, 3.8) is 0 Å². The molecule has 0 bridgehead atoms. The molecule has 25 heavy (non-hydrogen) atoms. The summed E-state index contributed by atoms with van der Waals surface area (Å²) in [6.07, 6.45) is 12.5. The summed E-state index contributed by atoms with van der Waals surface area (Å²) in [5.74, 6) is 0.264. The van der Waals surface area contributed by atoms with Crippen molar-refractivity contribution in [1.82, 2.24) is 4.90 Å². The molecule has 1 unspecified atom stereocenters. The van der Waals surface area contributed by atoms with Crippen molar-refractivity contribution in [2.45, 2.75) is 69.9 Å². The van der Waals surface area contributed by atoms with Crippen LogP contribution in [-0.2, 0) is 12.8 Å². The Bertz CT molecular complexity index is 772. The maximum Gasteiger partial charge on any atom is 0.254 e. The Morgan fingerprint density at radius 2 is 1.84 bits per heavy atom. The van der Waals surface area contributed by atoms with Gasteiger partial charge in [-0.15, -0.1) is 0 Å². The Morgan fingerprint density at radius 3 is 2.68 bits per heavy atom. The van der Waals surface area contributed by atoms with E-state index in [4.69, 9.17) is 0 Å². The number of carbonyl (C=O) groups excluding carboxylic acids is 1. The van der Waals surface area contributed by atoms with Crippen LogP contribution in [0.4, 0.5) is 0 Å². The van der Waals surface area contributed by atoms with E-state index in [2.05, 4.69) is 34.3 Å². The number of rotatable bonds is 3. The maximum atomic E-state index is 13.4. The minimum atomic E-state index is 0.264. The smallest absolute Gasteiger partial charge is 0.254 e. The molecule has 1 aromatic rings. The van der Waals surface area contributed by atoms with E-state index in [1.165, 1.54) is 54.4 Å². The Kier molecular flexibility index (Phi) is 3.76. The Morgan fingerprint density at radius 1 is 1.00 bits per heavy atom. The highest BCUT2D eigenvalue weighted by atomic mass is 16.2. The van der Waals surface area contributed by atoms with Crippen molar-refractivity contribution >= 4 is 12.1 Å². The third kappa shape index (κ3) is 2.84. The van der Waals surface area contributed by atoms with Gasteiger partial charge in [-0.3, -0.25) is 9.79 Å². The summed E-state index contributed by atoms with van der Waals surface area (Å²) in [5, 5.41) is 0. The molecule has 3 nitrogen and oxygen atoms in total. The van der Waals surface area contributed by atoms with Gasteiger partial charge >= 0.3 is 0 Å². The van der Waals surface area contributed by atoms with Gasteiger partial charge in [-0.25, -0.2) is 0 Å². The average molecular weight is 334 g/mol. The van der Waals surface area contributed by atoms with E-state index in [0.717, 1.165) is 37.8 Å². The molecule has 1 heterocycles. The van der Waals surface area contributed by atoms with E-state index in [1.807, 2.05) is 0 Å². The lowest BCUT2D eigenvalue weighted by molar-refractivity contribution is 0.0645. The van der Waals surface area contributed by atoms with Crippen molar-refractivity contribution in [3.8, 4) is 0 Å². The second-order valence-electron chi connectivity index (χ2n) is 8.13. The first-order valence-electron chi connectivity index (χ1n) is 9.95. The highest BCUT2D eigenvalue weighted by Gasteiger charge is 2.39. The van der Waals surface area contributed by atoms with Gasteiger partial charge in [0.1, 0.15) is 0 Å². The molecule has 3 heteroatoms. The molecule has 1 fully saturated rings. The second-order valence-corrected chi connectivity index (χ2v) is 8.13. The summed E-state index contributed by atoms with van der Waals surface area (Å²) in [5.41, 5.74) is 6.68. The van der Waals surface area contributed by atoms with Gasteiger partial charge in [0.05, 0.1) is 6.54 Å². The zero-order chi connectivity index (χ0) is 16.8. The predicted octanol–water partition coefficient (Wildman–Crippen LogP) is 4.10. The topological polar surface area (TPSA) is 32.7 Å². The van der Waals surface area contributed by atoms with Gasteiger partial charge in [0.25, 0.3) is 5.91 Å². The van der Waals surface area contributed by atoms with E-state index >= 15 is 0 Å². The molecular weight excluding hydrogens is 308 g/mol. The number of aryl methyl sites for hydroxylation is 2. The summed E-state index contributed by atoms with van der Waals surface area (Å²) in [6.45, 7) is 0.893. The van der Waals surface area contributed by atoms with Crippen molar-refractivity contribution in [3.05, 3.63) is 46.0 Å². The standard InChI is InChI=1S/C22H26N2O/c25-22(17-6-5-15-3-1-2-4-16(15)11-17)24(20-9-10-20)21-8-7-18-13-23-14-19(18)12-21/h5-6,11,14,20-21H,1-4,7-10,12-13H2. The first-order valence-corrected chi connectivity index (χ1v) is 9.95. The second kappa shape index (κ2) is 6.12. The van der Waals surface area contributed by atoms with Gasteiger partial charge in [-0.2, -0.15) is 0 Å². The van der Waals surface area contributed by atoms with Gasteiger partial charge in [-0.1, -0.05) is 6.07 Å². The zero-order valence-corrected chi connectivity index (χ0v) is 14.8. The van der Waals surface area contributed by atoms with E-state index in [9.17, 15) is 4.79 Å². The van der Waals surface area contributed by atoms with Crippen molar-refractivity contribution in [1.29, 1.82) is 0 Å². The Labute approximate surface area is 149 Å². The molecule has 3 aliphatic carbocycles. The first kappa shape index (κ1) is 15.4. The lowest BCUT2D eigenvalue weighted by atomic mass is 9.88. The van der Waals surface area contributed by atoms with E-state index < -0.39 is 0 Å². The molecule has 0 spiro atoms. The first-order chi connectivity index (χ1) is 12.3. The quantitative estimate of drug-likeness (QED) is 0.819. The van der Waals surface area contributed by atoms with Gasteiger partial charge in [0, 0.05) is 23.9 Å². The van der Waals surface area contributed by atoms with Crippen molar-refractivity contribution in [2.24, 2.45) is 4.99 Å². The zero-order valence-electron chi connectivity index (χ0n) is 14.8. The monoisotopic (exact) mass is 334 g/mol.